The van der Waals surface area contributed by atoms with E-state index in [0.717, 1.165) is 17.0 Å². The van der Waals surface area contributed by atoms with E-state index >= 15 is 0 Å². The van der Waals surface area contributed by atoms with Crippen molar-refractivity contribution in [3.8, 4) is 0 Å². The van der Waals surface area contributed by atoms with Crippen LogP contribution in [0.1, 0.15) is 45.2 Å². The van der Waals surface area contributed by atoms with Crippen molar-refractivity contribution < 1.29 is 9.90 Å². The van der Waals surface area contributed by atoms with Crippen LogP contribution in [0.3, 0.4) is 0 Å². The van der Waals surface area contributed by atoms with Gasteiger partial charge in [-0.3, -0.25) is 4.79 Å². The van der Waals surface area contributed by atoms with Crippen molar-refractivity contribution in [2.75, 3.05) is 11.9 Å². The van der Waals surface area contributed by atoms with Gasteiger partial charge in [-0.25, -0.2) is 9.50 Å². The number of hydrogen-bond acceptors (Lipinski definition) is 4. The van der Waals surface area contributed by atoms with Gasteiger partial charge in [0.1, 0.15) is 5.52 Å². The van der Waals surface area contributed by atoms with Crippen LogP contribution in [-0.4, -0.2) is 32.2 Å². The number of fused-ring (bicyclic) bond motifs is 1. The summed E-state index contributed by atoms with van der Waals surface area (Å²) in [4.78, 5) is 14.9. The predicted molar refractivity (Wildman–Crippen MR) is 81.6 cm³/mol. The van der Waals surface area contributed by atoms with Crippen molar-refractivity contribution in [3.63, 3.8) is 0 Å². The first kappa shape index (κ1) is 15.3. The molecule has 0 aromatic carbocycles. The second-order valence-corrected chi connectivity index (χ2v) is 5.75. The van der Waals surface area contributed by atoms with Crippen molar-refractivity contribution >= 4 is 17.3 Å². The predicted octanol–water partition coefficient (Wildman–Crippen LogP) is 2.77. The maximum Gasteiger partial charge on any atom is 0.303 e. The van der Waals surface area contributed by atoms with Gasteiger partial charge in [-0.2, -0.15) is 5.10 Å². The van der Waals surface area contributed by atoms with Gasteiger partial charge in [-0.15, -0.1) is 0 Å². The highest BCUT2D eigenvalue weighted by Gasteiger charge is 2.11. The smallest absolute Gasteiger partial charge is 0.303 e. The third-order valence-electron chi connectivity index (χ3n) is 3.47. The molecule has 21 heavy (non-hydrogen) atoms. The molecule has 2 aromatic rings. The molecule has 0 radical (unpaired) electrons. The summed E-state index contributed by atoms with van der Waals surface area (Å²) >= 11 is 0. The van der Waals surface area contributed by atoms with Gasteiger partial charge in [0, 0.05) is 25.4 Å². The van der Waals surface area contributed by atoms with E-state index in [1.807, 2.05) is 23.7 Å². The Labute approximate surface area is 124 Å². The maximum atomic E-state index is 10.6. The Bertz CT molecular complexity index is 621. The number of aliphatic carboxylic acids is 1. The Kier molecular flexibility index (Phi) is 4.77. The highest BCUT2D eigenvalue weighted by atomic mass is 16.4. The van der Waals surface area contributed by atoms with Gasteiger partial charge in [0.2, 0.25) is 0 Å². The average Bonchev–Trinajstić information content (AvgIpc) is 2.87. The minimum atomic E-state index is -0.751. The zero-order chi connectivity index (χ0) is 15.4. The minimum absolute atomic E-state index is 0.199. The van der Waals surface area contributed by atoms with Crippen molar-refractivity contribution in [2.24, 2.45) is 5.92 Å². The van der Waals surface area contributed by atoms with Crippen LogP contribution in [0.4, 0.5) is 5.82 Å². The highest BCUT2D eigenvalue weighted by Crippen LogP contribution is 2.20. The molecular weight excluding hydrogens is 268 g/mol. The number of anilines is 1. The second kappa shape index (κ2) is 6.56. The summed E-state index contributed by atoms with van der Waals surface area (Å²) in [6.45, 7) is 6.95. The molecule has 6 heteroatoms. The van der Waals surface area contributed by atoms with Crippen LogP contribution in [0, 0.1) is 5.92 Å². The molecule has 0 bridgehead atoms. The number of nitrogens with zero attached hydrogens (tertiary/aromatic N) is 3. The molecule has 1 atom stereocenters. The van der Waals surface area contributed by atoms with Crippen LogP contribution in [0.25, 0.3) is 5.52 Å². The third kappa shape index (κ3) is 3.93. The summed E-state index contributed by atoms with van der Waals surface area (Å²) in [6.07, 6.45) is 4.40. The Morgan fingerprint density at radius 1 is 1.43 bits per heavy atom. The Morgan fingerprint density at radius 3 is 2.86 bits per heavy atom. The molecule has 114 valence electrons. The summed E-state index contributed by atoms with van der Waals surface area (Å²) in [6, 6.07) is 2.04. The van der Waals surface area contributed by atoms with Gasteiger partial charge in [-0.05, 0) is 24.3 Å². The first-order chi connectivity index (χ1) is 9.97. The number of hydrogen-bond donors (Lipinski definition) is 2. The molecule has 6 nitrogen and oxygen atoms in total. The molecule has 2 aromatic heterocycles. The fraction of sp³-hybridized carbons (Fsp3) is 0.533. The first-order valence-electron chi connectivity index (χ1n) is 7.27. The van der Waals surface area contributed by atoms with E-state index in [0.29, 0.717) is 18.9 Å². The normalized spacial score (nSPS) is 12.8. The van der Waals surface area contributed by atoms with Crippen molar-refractivity contribution in [1.29, 1.82) is 0 Å². The molecule has 0 saturated carbocycles. The fourth-order valence-corrected chi connectivity index (χ4v) is 2.10. The molecule has 0 amide bonds. The van der Waals surface area contributed by atoms with Crippen LogP contribution < -0.4 is 5.32 Å². The molecule has 2 rings (SSSR count). The lowest BCUT2D eigenvalue weighted by molar-refractivity contribution is -0.137. The number of carboxylic acid groups (broad SMARTS) is 1. The molecule has 0 aliphatic carbocycles. The molecule has 2 N–H and O–H groups in total. The van der Waals surface area contributed by atoms with Gasteiger partial charge in [-0.1, -0.05) is 20.8 Å². The van der Waals surface area contributed by atoms with Crippen molar-refractivity contribution in [3.05, 3.63) is 24.2 Å². The lowest BCUT2D eigenvalue weighted by Gasteiger charge is -2.12. The quantitative estimate of drug-likeness (QED) is 0.819. The standard InChI is InChI=1S/C15H22N4O2/c1-10(2)12-8-13-15(16-6-7-19(13)18-12)17-9-11(3)4-5-14(20)21/h6-8,10-11H,4-5,9H2,1-3H3,(H,16,17)(H,20,21). The van der Waals surface area contributed by atoms with E-state index in [1.165, 1.54) is 0 Å². The first-order valence-corrected chi connectivity index (χ1v) is 7.27. The van der Waals surface area contributed by atoms with Gasteiger partial charge in [0.25, 0.3) is 0 Å². The van der Waals surface area contributed by atoms with Gasteiger partial charge < -0.3 is 10.4 Å². The second-order valence-electron chi connectivity index (χ2n) is 5.75. The number of carboxylic acids is 1. The van der Waals surface area contributed by atoms with Crippen LogP contribution >= 0.6 is 0 Å². The molecular formula is C15H22N4O2. The SMILES string of the molecule is CC(CCC(=O)O)CNc1nccn2nc(C(C)C)cc12. The summed E-state index contributed by atoms with van der Waals surface area (Å²) in [5, 5.41) is 16.5. The van der Waals surface area contributed by atoms with E-state index in [2.05, 4.69) is 29.2 Å². The van der Waals surface area contributed by atoms with Gasteiger partial charge in [0.05, 0.1) is 5.69 Å². The lowest BCUT2D eigenvalue weighted by Crippen LogP contribution is -2.14. The number of nitrogens with one attached hydrogen (secondary N) is 1. The monoisotopic (exact) mass is 290 g/mol. The van der Waals surface area contributed by atoms with E-state index in [1.54, 1.807) is 6.20 Å². The Balaban J connectivity index is 2.06. The summed E-state index contributed by atoms with van der Waals surface area (Å²) in [5.74, 6) is 0.682. The minimum Gasteiger partial charge on any atom is -0.481 e. The molecule has 0 aliphatic heterocycles. The van der Waals surface area contributed by atoms with Crippen molar-refractivity contribution in [1.82, 2.24) is 14.6 Å². The third-order valence-corrected chi connectivity index (χ3v) is 3.47. The summed E-state index contributed by atoms with van der Waals surface area (Å²) in [7, 11) is 0. The zero-order valence-corrected chi connectivity index (χ0v) is 12.7. The average molecular weight is 290 g/mol. The van der Waals surface area contributed by atoms with Crippen molar-refractivity contribution in [2.45, 2.75) is 39.5 Å². The number of carbonyl (C=O) groups is 1. The fourth-order valence-electron chi connectivity index (χ4n) is 2.10. The van der Waals surface area contributed by atoms with Gasteiger partial charge >= 0.3 is 5.97 Å². The molecule has 0 fully saturated rings. The van der Waals surface area contributed by atoms with E-state index < -0.39 is 5.97 Å². The molecule has 0 aliphatic rings. The number of rotatable bonds is 7. The summed E-state index contributed by atoms with van der Waals surface area (Å²) < 4.78 is 1.83. The van der Waals surface area contributed by atoms with Crippen LogP contribution in [0.5, 0.6) is 0 Å². The molecule has 1 unspecified atom stereocenters. The van der Waals surface area contributed by atoms with E-state index in [9.17, 15) is 4.79 Å². The topological polar surface area (TPSA) is 79.5 Å². The molecule has 0 spiro atoms. The Morgan fingerprint density at radius 2 is 2.19 bits per heavy atom. The lowest BCUT2D eigenvalue weighted by atomic mass is 10.1. The van der Waals surface area contributed by atoms with Gasteiger partial charge in [0.15, 0.2) is 5.82 Å². The van der Waals surface area contributed by atoms with E-state index in [4.69, 9.17) is 5.11 Å². The number of aromatic nitrogens is 3. The largest absolute Gasteiger partial charge is 0.481 e. The summed E-state index contributed by atoms with van der Waals surface area (Å²) in [5.41, 5.74) is 1.98. The highest BCUT2D eigenvalue weighted by molar-refractivity contribution is 5.68. The van der Waals surface area contributed by atoms with Crippen LogP contribution in [-0.2, 0) is 4.79 Å². The zero-order valence-electron chi connectivity index (χ0n) is 12.7. The van der Waals surface area contributed by atoms with Crippen LogP contribution in [0.2, 0.25) is 0 Å². The molecule has 0 saturated heterocycles. The van der Waals surface area contributed by atoms with E-state index in [-0.39, 0.29) is 12.3 Å². The van der Waals surface area contributed by atoms with Crippen LogP contribution in [0.15, 0.2) is 18.5 Å². The maximum absolute atomic E-state index is 10.6. The molecule has 2 heterocycles. The Hall–Kier alpha value is -2.11.